The lowest BCUT2D eigenvalue weighted by Crippen LogP contribution is -2.34. The quantitative estimate of drug-likeness (QED) is 0.395. The molecule has 0 saturated heterocycles. The largest absolute Gasteiger partial charge is 0.296 e. The summed E-state index contributed by atoms with van der Waals surface area (Å²) in [5.74, 6) is 1.52. The minimum absolute atomic E-state index is 0.521. The van der Waals surface area contributed by atoms with Gasteiger partial charge < -0.3 is 0 Å². The van der Waals surface area contributed by atoms with E-state index in [0.717, 1.165) is 24.8 Å². The lowest BCUT2D eigenvalue weighted by atomic mass is 10.1. The molecule has 3 aromatic carbocycles. The van der Waals surface area contributed by atoms with Crippen LogP contribution in [0.3, 0.4) is 0 Å². The minimum Gasteiger partial charge on any atom is -0.296 e. The van der Waals surface area contributed by atoms with Gasteiger partial charge in [0, 0.05) is 19.1 Å². The second-order valence-electron chi connectivity index (χ2n) is 8.33. The molecule has 1 fully saturated rings. The summed E-state index contributed by atoms with van der Waals surface area (Å²) in [5.41, 5.74) is 4.19. The normalized spacial score (nSPS) is 19.5. The maximum Gasteiger partial charge on any atom is 0.0236 e. The van der Waals surface area contributed by atoms with Crippen LogP contribution in [0.1, 0.15) is 42.4 Å². The highest BCUT2D eigenvalue weighted by molar-refractivity contribution is 5.48. The predicted molar refractivity (Wildman–Crippen MR) is 124 cm³/mol. The molecule has 1 aliphatic carbocycles. The van der Waals surface area contributed by atoms with Crippen LogP contribution < -0.4 is 0 Å². The fraction of sp³-hybridized carbons (Fsp3) is 0.286. The topological polar surface area (TPSA) is 3.24 Å². The Morgan fingerprint density at radius 2 is 1.48 bits per heavy atom. The SMILES string of the molecule is CC(CC=Cc1ccccc1)N(Cc1ccccc1)CC1CC1c1ccccc1. The number of hydrogen-bond acceptors (Lipinski definition) is 1. The maximum atomic E-state index is 2.68. The number of rotatable bonds is 9. The Hall–Kier alpha value is -2.64. The van der Waals surface area contributed by atoms with Gasteiger partial charge in [0.25, 0.3) is 0 Å². The van der Waals surface area contributed by atoms with Gasteiger partial charge in [-0.15, -0.1) is 0 Å². The molecule has 3 unspecified atom stereocenters. The van der Waals surface area contributed by atoms with Crippen molar-refractivity contribution < 1.29 is 0 Å². The first kappa shape index (κ1) is 19.7. The van der Waals surface area contributed by atoms with Crippen molar-refractivity contribution in [1.82, 2.24) is 4.90 Å². The van der Waals surface area contributed by atoms with Gasteiger partial charge in [-0.1, -0.05) is 103 Å². The highest BCUT2D eigenvalue weighted by atomic mass is 15.2. The Bertz CT molecular complexity index is 885. The van der Waals surface area contributed by atoms with Crippen LogP contribution >= 0.6 is 0 Å². The minimum atomic E-state index is 0.521. The van der Waals surface area contributed by atoms with E-state index in [1.54, 1.807) is 0 Å². The van der Waals surface area contributed by atoms with Crippen molar-refractivity contribution in [2.75, 3.05) is 6.54 Å². The molecule has 148 valence electrons. The van der Waals surface area contributed by atoms with E-state index in [1.807, 2.05) is 0 Å². The van der Waals surface area contributed by atoms with Crippen LogP contribution in [-0.2, 0) is 6.54 Å². The average Bonchev–Trinajstić information content (AvgIpc) is 3.54. The summed E-state index contributed by atoms with van der Waals surface area (Å²) in [6.45, 7) is 4.58. The first-order valence-corrected chi connectivity index (χ1v) is 10.8. The summed E-state index contributed by atoms with van der Waals surface area (Å²) in [7, 11) is 0. The molecule has 0 heterocycles. The third-order valence-electron chi connectivity index (χ3n) is 6.06. The van der Waals surface area contributed by atoms with Crippen molar-refractivity contribution in [3.8, 4) is 0 Å². The molecule has 0 amide bonds. The Morgan fingerprint density at radius 3 is 2.17 bits per heavy atom. The molecule has 1 nitrogen and oxygen atoms in total. The standard InChI is InChI=1S/C28H31N/c1-23(12-11-17-24-13-5-2-6-14-24)29(21-25-15-7-3-8-16-25)22-27-20-28(27)26-18-9-4-10-19-26/h2-11,13-19,23,27-28H,12,20-22H2,1H3. The summed E-state index contributed by atoms with van der Waals surface area (Å²) in [4.78, 5) is 2.68. The van der Waals surface area contributed by atoms with E-state index in [0.29, 0.717) is 6.04 Å². The zero-order chi connectivity index (χ0) is 19.9. The summed E-state index contributed by atoms with van der Waals surface area (Å²) in [6, 6.07) is 33.1. The van der Waals surface area contributed by atoms with Crippen LogP contribution in [0.25, 0.3) is 6.08 Å². The lowest BCUT2D eigenvalue weighted by molar-refractivity contribution is 0.191. The number of benzene rings is 3. The molecule has 0 aromatic heterocycles. The second-order valence-corrected chi connectivity index (χ2v) is 8.33. The Morgan fingerprint density at radius 1 is 0.862 bits per heavy atom. The monoisotopic (exact) mass is 381 g/mol. The van der Waals surface area contributed by atoms with Crippen LogP contribution in [0.5, 0.6) is 0 Å². The first-order chi connectivity index (χ1) is 14.3. The third kappa shape index (κ3) is 5.68. The van der Waals surface area contributed by atoms with Crippen LogP contribution in [0, 0.1) is 5.92 Å². The highest BCUT2D eigenvalue weighted by Gasteiger charge is 2.39. The molecule has 0 bridgehead atoms. The molecule has 0 N–H and O–H groups in total. The van der Waals surface area contributed by atoms with E-state index in [1.165, 1.54) is 29.7 Å². The fourth-order valence-electron chi connectivity index (χ4n) is 4.19. The molecule has 0 aliphatic heterocycles. The van der Waals surface area contributed by atoms with Crippen molar-refractivity contribution in [1.29, 1.82) is 0 Å². The van der Waals surface area contributed by atoms with Crippen molar-refractivity contribution >= 4 is 6.08 Å². The molecule has 3 aromatic rings. The van der Waals surface area contributed by atoms with E-state index in [9.17, 15) is 0 Å². The number of hydrogen-bond donors (Lipinski definition) is 0. The zero-order valence-corrected chi connectivity index (χ0v) is 17.3. The molecular formula is C28H31N. The Balaban J connectivity index is 1.40. The van der Waals surface area contributed by atoms with Gasteiger partial charge in [0.15, 0.2) is 0 Å². The summed E-state index contributed by atoms with van der Waals surface area (Å²) in [5, 5.41) is 0. The molecule has 0 radical (unpaired) electrons. The maximum absolute atomic E-state index is 2.68. The van der Waals surface area contributed by atoms with Gasteiger partial charge in [-0.05, 0) is 48.3 Å². The summed E-state index contributed by atoms with van der Waals surface area (Å²) < 4.78 is 0. The smallest absolute Gasteiger partial charge is 0.0236 e. The number of nitrogens with zero attached hydrogens (tertiary/aromatic N) is 1. The molecular weight excluding hydrogens is 350 g/mol. The Kier molecular flexibility index (Phi) is 6.59. The molecule has 29 heavy (non-hydrogen) atoms. The third-order valence-corrected chi connectivity index (χ3v) is 6.06. The van der Waals surface area contributed by atoms with Gasteiger partial charge in [-0.3, -0.25) is 4.90 Å². The average molecular weight is 382 g/mol. The van der Waals surface area contributed by atoms with Gasteiger partial charge in [0.2, 0.25) is 0 Å². The summed E-state index contributed by atoms with van der Waals surface area (Å²) >= 11 is 0. The van der Waals surface area contributed by atoms with Crippen LogP contribution in [0.15, 0.2) is 97.1 Å². The molecule has 1 heteroatoms. The van der Waals surface area contributed by atoms with Crippen molar-refractivity contribution in [2.45, 2.75) is 38.3 Å². The predicted octanol–water partition coefficient (Wildman–Crippen LogP) is 6.78. The van der Waals surface area contributed by atoms with Crippen LogP contribution in [-0.4, -0.2) is 17.5 Å². The van der Waals surface area contributed by atoms with E-state index in [2.05, 4.69) is 115 Å². The molecule has 4 rings (SSSR count). The summed E-state index contributed by atoms with van der Waals surface area (Å²) in [6.07, 6.45) is 6.98. The van der Waals surface area contributed by atoms with Gasteiger partial charge in [-0.2, -0.15) is 0 Å². The van der Waals surface area contributed by atoms with Crippen molar-refractivity contribution in [3.63, 3.8) is 0 Å². The van der Waals surface area contributed by atoms with Gasteiger partial charge in [0.1, 0.15) is 0 Å². The lowest BCUT2D eigenvalue weighted by Gasteiger charge is -2.29. The van der Waals surface area contributed by atoms with E-state index >= 15 is 0 Å². The van der Waals surface area contributed by atoms with Crippen molar-refractivity contribution in [2.24, 2.45) is 5.92 Å². The van der Waals surface area contributed by atoms with E-state index in [-0.39, 0.29) is 0 Å². The second kappa shape index (κ2) is 9.71. The zero-order valence-electron chi connectivity index (χ0n) is 17.3. The van der Waals surface area contributed by atoms with Crippen molar-refractivity contribution in [3.05, 3.63) is 114 Å². The highest BCUT2D eigenvalue weighted by Crippen LogP contribution is 2.48. The van der Waals surface area contributed by atoms with E-state index in [4.69, 9.17) is 0 Å². The first-order valence-electron chi connectivity index (χ1n) is 10.8. The van der Waals surface area contributed by atoms with Gasteiger partial charge in [0.05, 0.1) is 0 Å². The molecule has 3 atom stereocenters. The van der Waals surface area contributed by atoms with Gasteiger partial charge >= 0.3 is 0 Å². The Labute approximate surface area is 175 Å². The van der Waals surface area contributed by atoms with Crippen LogP contribution in [0.4, 0.5) is 0 Å². The molecule has 1 saturated carbocycles. The fourth-order valence-corrected chi connectivity index (χ4v) is 4.19. The van der Waals surface area contributed by atoms with E-state index < -0.39 is 0 Å². The van der Waals surface area contributed by atoms with Gasteiger partial charge in [-0.25, -0.2) is 0 Å². The molecule has 0 spiro atoms. The molecule has 1 aliphatic rings. The van der Waals surface area contributed by atoms with Crippen LogP contribution in [0.2, 0.25) is 0 Å².